The van der Waals surface area contributed by atoms with E-state index in [0.717, 1.165) is 0 Å². The fourth-order valence-electron chi connectivity index (χ4n) is 3.61. The minimum Gasteiger partial charge on any atom is -0.507 e. The van der Waals surface area contributed by atoms with E-state index in [9.17, 15) is 25.0 Å². The van der Waals surface area contributed by atoms with Crippen molar-refractivity contribution in [3.05, 3.63) is 58.1 Å². The molecule has 6 nitrogen and oxygen atoms in total. The van der Waals surface area contributed by atoms with Crippen LogP contribution in [0.5, 0.6) is 11.5 Å². The Morgan fingerprint density at radius 1 is 1.08 bits per heavy atom. The predicted molar refractivity (Wildman–Crippen MR) is 94.6 cm³/mol. The number of fused-ring (bicyclic) bond motifs is 2. The molecule has 1 aliphatic rings. The Morgan fingerprint density at radius 3 is 2.35 bits per heavy atom. The van der Waals surface area contributed by atoms with Crippen LogP contribution in [-0.4, -0.2) is 39.2 Å². The lowest BCUT2D eigenvalue weighted by atomic mass is 9.79. The number of phenolic OH excluding ortho intramolecular Hbond substituents is 2. The Kier molecular flexibility index (Phi) is 4.46. The molecule has 136 valence electrons. The third kappa shape index (κ3) is 2.72. The number of rotatable bonds is 3. The molecular formula is C20H21NO5. The SMILES string of the molecule is CC(C)C(C(=O)N(C)O)c1ccc2c(c1O)C(=O)c1c(O)cccc1C2. The van der Waals surface area contributed by atoms with E-state index in [2.05, 4.69) is 0 Å². The van der Waals surface area contributed by atoms with Gasteiger partial charge in [0.15, 0.2) is 0 Å². The molecule has 0 radical (unpaired) electrons. The summed E-state index contributed by atoms with van der Waals surface area (Å²) < 4.78 is 0. The molecule has 1 amide bonds. The van der Waals surface area contributed by atoms with Crippen molar-refractivity contribution in [3.8, 4) is 11.5 Å². The monoisotopic (exact) mass is 355 g/mol. The number of carbonyl (C=O) groups is 2. The molecule has 0 aliphatic heterocycles. The normalized spacial score (nSPS) is 14.0. The molecule has 0 aromatic heterocycles. The van der Waals surface area contributed by atoms with Crippen LogP contribution < -0.4 is 0 Å². The first-order valence-electron chi connectivity index (χ1n) is 8.40. The maximum Gasteiger partial charge on any atom is 0.253 e. The van der Waals surface area contributed by atoms with Gasteiger partial charge < -0.3 is 10.2 Å². The van der Waals surface area contributed by atoms with E-state index in [-0.39, 0.29) is 34.1 Å². The largest absolute Gasteiger partial charge is 0.507 e. The second-order valence-corrected chi connectivity index (χ2v) is 6.94. The van der Waals surface area contributed by atoms with Gasteiger partial charge in [-0.3, -0.25) is 14.8 Å². The van der Waals surface area contributed by atoms with Gasteiger partial charge in [-0.05, 0) is 29.5 Å². The zero-order valence-corrected chi connectivity index (χ0v) is 14.9. The molecule has 1 aliphatic carbocycles. The minimum absolute atomic E-state index is 0.107. The second-order valence-electron chi connectivity index (χ2n) is 6.94. The van der Waals surface area contributed by atoms with Crippen molar-refractivity contribution in [2.24, 2.45) is 5.92 Å². The van der Waals surface area contributed by atoms with E-state index < -0.39 is 17.6 Å². The summed E-state index contributed by atoms with van der Waals surface area (Å²) in [6.45, 7) is 3.60. The number of benzene rings is 2. The summed E-state index contributed by atoms with van der Waals surface area (Å²) in [5, 5.41) is 30.9. The molecule has 0 bridgehead atoms. The van der Waals surface area contributed by atoms with Crippen molar-refractivity contribution in [3.63, 3.8) is 0 Å². The second kappa shape index (κ2) is 6.46. The Hall–Kier alpha value is -2.86. The van der Waals surface area contributed by atoms with E-state index in [0.29, 0.717) is 22.6 Å². The summed E-state index contributed by atoms with van der Waals surface area (Å²) in [5.74, 6) is -2.44. The van der Waals surface area contributed by atoms with Crippen molar-refractivity contribution < 1.29 is 25.0 Å². The number of nitrogens with zero attached hydrogens (tertiary/aromatic N) is 1. The smallest absolute Gasteiger partial charge is 0.253 e. The highest BCUT2D eigenvalue weighted by molar-refractivity contribution is 6.15. The molecular weight excluding hydrogens is 334 g/mol. The van der Waals surface area contributed by atoms with E-state index in [1.807, 2.05) is 0 Å². The summed E-state index contributed by atoms with van der Waals surface area (Å²) in [6.07, 6.45) is 0.402. The lowest BCUT2D eigenvalue weighted by Crippen LogP contribution is -2.32. The number of likely N-dealkylation sites (N-methyl/N-ethyl adjacent to an activating group) is 1. The Bertz CT molecular complexity index is 901. The van der Waals surface area contributed by atoms with Gasteiger partial charge in [0.2, 0.25) is 5.78 Å². The molecule has 3 N–H and O–H groups in total. The van der Waals surface area contributed by atoms with Crippen LogP contribution in [0.1, 0.15) is 52.4 Å². The summed E-state index contributed by atoms with van der Waals surface area (Å²) in [6, 6.07) is 8.22. The number of hydroxylamine groups is 2. The highest BCUT2D eigenvalue weighted by Gasteiger charge is 2.34. The lowest BCUT2D eigenvalue weighted by molar-refractivity contribution is -0.162. The van der Waals surface area contributed by atoms with Crippen molar-refractivity contribution in [1.29, 1.82) is 0 Å². The molecule has 1 atom stereocenters. The molecule has 0 saturated heterocycles. The van der Waals surface area contributed by atoms with Gasteiger partial charge in [-0.2, -0.15) is 0 Å². The van der Waals surface area contributed by atoms with Crippen molar-refractivity contribution in [2.45, 2.75) is 26.2 Å². The van der Waals surface area contributed by atoms with Crippen LogP contribution in [0.4, 0.5) is 0 Å². The van der Waals surface area contributed by atoms with Gasteiger partial charge in [0.25, 0.3) is 5.91 Å². The van der Waals surface area contributed by atoms with Gasteiger partial charge in [-0.15, -0.1) is 0 Å². The molecule has 0 spiro atoms. The predicted octanol–water partition coefficient (Wildman–Crippen LogP) is 2.82. The van der Waals surface area contributed by atoms with Crippen LogP contribution in [0.3, 0.4) is 0 Å². The number of amides is 1. The number of aromatic hydroxyl groups is 2. The molecule has 3 rings (SSSR count). The summed E-state index contributed by atoms with van der Waals surface area (Å²) in [5.41, 5.74) is 1.91. The lowest BCUT2D eigenvalue weighted by Gasteiger charge is -2.26. The van der Waals surface area contributed by atoms with E-state index in [4.69, 9.17) is 0 Å². The van der Waals surface area contributed by atoms with Crippen molar-refractivity contribution >= 4 is 11.7 Å². The number of hydrogen-bond donors (Lipinski definition) is 3. The van der Waals surface area contributed by atoms with E-state index in [1.54, 1.807) is 38.1 Å². The average Bonchev–Trinajstić information content (AvgIpc) is 2.56. The van der Waals surface area contributed by atoms with Crippen LogP contribution in [0.25, 0.3) is 0 Å². The molecule has 0 heterocycles. The first-order valence-corrected chi connectivity index (χ1v) is 8.40. The van der Waals surface area contributed by atoms with Gasteiger partial charge in [-0.25, -0.2) is 5.06 Å². The summed E-state index contributed by atoms with van der Waals surface area (Å²) in [4.78, 5) is 25.3. The molecule has 0 fully saturated rings. The Labute approximate surface area is 151 Å². The van der Waals surface area contributed by atoms with Gasteiger partial charge in [0, 0.05) is 12.6 Å². The highest BCUT2D eigenvalue weighted by atomic mass is 16.5. The van der Waals surface area contributed by atoms with Crippen molar-refractivity contribution in [2.75, 3.05) is 7.05 Å². The third-order valence-electron chi connectivity index (χ3n) is 4.85. The van der Waals surface area contributed by atoms with Crippen LogP contribution in [0.15, 0.2) is 30.3 Å². The van der Waals surface area contributed by atoms with Crippen LogP contribution in [-0.2, 0) is 11.2 Å². The fraction of sp³-hybridized carbons (Fsp3) is 0.300. The minimum atomic E-state index is -0.797. The Morgan fingerprint density at radius 2 is 1.73 bits per heavy atom. The van der Waals surface area contributed by atoms with Crippen LogP contribution in [0, 0.1) is 5.92 Å². The number of carbonyl (C=O) groups excluding carboxylic acids is 2. The highest BCUT2D eigenvalue weighted by Crippen LogP contribution is 2.41. The van der Waals surface area contributed by atoms with Crippen LogP contribution in [0.2, 0.25) is 0 Å². The number of hydrogen-bond acceptors (Lipinski definition) is 5. The number of ketones is 1. The standard InChI is InChI=1S/C20H21NO5/c1-10(2)15(20(25)21(3)26)13-8-7-12-9-11-5-4-6-14(22)16(11)19(24)17(12)18(13)23/h4-8,10,15,22-23,26H,9H2,1-3H3. The quantitative estimate of drug-likeness (QED) is 0.496. The summed E-state index contributed by atoms with van der Waals surface area (Å²) >= 11 is 0. The molecule has 26 heavy (non-hydrogen) atoms. The van der Waals surface area contributed by atoms with Gasteiger partial charge in [0.05, 0.1) is 17.0 Å². The first kappa shape index (κ1) is 17.9. The molecule has 6 heteroatoms. The fourth-order valence-corrected chi connectivity index (χ4v) is 3.61. The molecule has 2 aromatic rings. The topological polar surface area (TPSA) is 98.1 Å². The molecule has 0 saturated carbocycles. The van der Waals surface area contributed by atoms with Gasteiger partial charge >= 0.3 is 0 Å². The third-order valence-corrected chi connectivity index (χ3v) is 4.85. The first-order chi connectivity index (χ1) is 12.2. The average molecular weight is 355 g/mol. The van der Waals surface area contributed by atoms with Gasteiger partial charge in [0.1, 0.15) is 11.5 Å². The maximum atomic E-state index is 12.9. The van der Waals surface area contributed by atoms with Crippen molar-refractivity contribution in [1.82, 2.24) is 5.06 Å². The summed E-state index contributed by atoms with van der Waals surface area (Å²) in [7, 11) is 1.23. The van der Waals surface area contributed by atoms with E-state index in [1.165, 1.54) is 13.1 Å². The zero-order chi connectivity index (χ0) is 19.2. The van der Waals surface area contributed by atoms with Gasteiger partial charge in [-0.1, -0.05) is 38.1 Å². The van der Waals surface area contributed by atoms with Crippen LogP contribution >= 0.6 is 0 Å². The Balaban J connectivity index is 2.17. The number of phenols is 2. The maximum absolute atomic E-state index is 12.9. The zero-order valence-electron chi connectivity index (χ0n) is 14.9. The molecule has 1 unspecified atom stereocenters. The molecule has 2 aromatic carbocycles. The van der Waals surface area contributed by atoms with E-state index >= 15 is 0 Å².